The largest absolute Gasteiger partial charge is 0.488 e. The highest BCUT2D eigenvalue weighted by molar-refractivity contribution is 6.23. The van der Waals surface area contributed by atoms with Crippen molar-refractivity contribution in [3.8, 4) is 17.1 Å². The van der Waals surface area contributed by atoms with E-state index in [1.165, 1.54) is 0 Å². The number of rotatable bonds is 10. The molecule has 0 bridgehead atoms. The minimum Gasteiger partial charge on any atom is -0.488 e. The quantitative estimate of drug-likeness (QED) is 0.227. The molecule has 15 nitrogen and oxygen atoms in total. The van der Waals surface area contributed by atoms with E-state index in [0.717, 1.165) is 136 Å². The standard InChI is InChI=1S/C42H48N10O5/c1-42(10-11-42)57-29-3-5-33-32(19-29)38(47-46-33)34-20-36(44-25-43-34)50-12-8-26(9-13-50)21-48-14-16-49(17-15-48)22-27-23-51(24-27)28-2-4-30-31(18-28)41(56)52(40(30)55)35-6-7-37(53)45-39(35)54/h2-5,18-20,25-27,35H,6-17,21-24H2,1H3,(H,46,47)(H,45,53,54). The molecule has 6 aliphatic rings. The fraction of sp³-hybridized carbons (Fsp3) is 0.500. The van der Waals surface area contributed by atoms with Gasteiger partial charge in [-0.05, 0) is 81.3 Å². The van der Waals surface area contributed by atoms with E-state index in [9.17, 15) is 19.2 Å². The first-order chi connectivity index (χ1) is 27.7. The molecule has 1 unspecified atom stereocenters. The van der Waals surface area contributed by atoms with Crippen molar-refractivity contribution >= 4 is 46.0 Å². The van der Waals surface area contributed by atoms with Gasteiger partial charge in [-0.1, -0.05) is 0 Å². The van der Waals surface area contributed by atoms with Crippen LogP contribution in [0.5, 0.6) is 5.75 Å². The fourth-order valence-electron chi connectivity index (χ4n) is 9.25. The van der Waals surface area contributed by atoms with Gasteiger partial charge in [0.1, 0.15) is 35.2 Å². The summed E-state index contributed by atoms with van der Waals surface area (Å²) in [6.07, 6.45) is 6.36. The number of hydrogen-bond donors (Lipinski definition) is 2. The highest BCUT2D eigenvalue weighted by Gasteiger charge is 2.45. The maximum absolute atomic E-state index is 13.3. The Morgan fingerprint density at radius 2 is 1.53 bits per heavy atom. The van der Waals surface area contributed by atoms with E-state index in [2.05, 4.69) is 64.1 Å². The van der Waals surface area contributed by atoms with E-state index < -0.39 is 23.8 Å². The van der Waals surface area contributed by atoms with Gasteiger partial charge >= 0.3 is 0 Å². The minimum absolute atomic E-state index is 0.0437. The lowest BCUT2D eigenvalue weighted by atomic mass is 9.95. The van der Waals surface area contributed by atoms with Crippen LogP contribution in [0.1, 0.15) is 66.2 Å². The smallest absolute Gasteiger partial charge is 0.262 e. The van der Waals surface area contributed by atoms with Gasteiger partial charge in [0.05, 0.1) is 22.3 Å². The van der Waals surface area contributed by atoms with E-state index in [1.54, 1.807) is 18.5 Å². The lowest BCUT2D eigenvalue weighted by molar-refractivity contribution is -0.136. The summed E-state index contributed by atoms with van der Waals surface area (Å²) in [7, 11) is 0. The number of benzene rings is 2. The number of hydrogen-bond acceptors (Lipinski definition) is 12. The predicted octanol–water partition coefficient (Wildman–Crippen LogP) is 3.32. The zero-order chi connectivity index (χ0) is 38.8. The van der Waals surface area contributed by atoms with Crippen molar-refractivity contribution in [3.63, 3.8) is 0 Å². The summed E-state index contributed by atoms with van der Waals surface area (Å²) >= 11 is 0. The molecular weight excluding hydrogens is 725 g/mol. The summed E-state index contributed by atoms with van der Waals surface area (Å²) in [5.41, 5.74) is 4.12. The first-order valence-electron chi connectivity index (χ1n) is 20.5. The number of nitrogens with zero attached hydrogens (tertiary/aromatic N) is 8. The molecule has 4 amide bonds. The van der Waals surface area contributed by atoms with E-state index in [0.29, 0.717) is 23.0 Å². The number of fused-ring (bicyclic) bond motifs is 2. The highest BCUT2D eigenvalue weighted by Crippen LogP contribution is 2.41. The highest BCUT2D eigenvalue weighted by atomic mass is 16.5. The lowest BCUT2D eigenvalue weighted by Crippen LogP contribution is -2.55. The van der Waals surface area contributed by atoms with Crippen LogP contribution in [-0.2, 0) is 9.59 Å². The summed E-state index contributed by atoms with van der Waals surface area (Å²) in [5, 5.41) is 11.0. The fourth-order valence-corrected chi connectivity index (χ4v) is 9.25. The molecule has 5 fully saturated rings. The number of ether oxygens (including phenoxy) is 1. The summed E-state index contributed by atoms with van der Waals surface area (Å²) in [6, 6.07) is 12.6. The summed E-state index contributed by atoms with van der Waals surface area (Å²) in [4.78, 5) is 70.5. The number of imide groups is 2. The number of piperidine rings is 2. The maximum atomic E-state index is 13.3. The first kappa shape index (κ1) is 36.0. The van der Waals surface area contributed by atoms with Gasteiger partial charge in [0.2, 0.25) is 11.8 Å². The van der Waals surface area contributed by atoms with Gasteiger partial charge in [-0.15, -0.1) is 0 Å². The van der Waals surface area contributed by atoms with Crippen LogP contribution in [0.4, 0.5) is 11.5 Å². The molecule has 1 aliphatic carbocycles. The second-order valence-corrected chi connectivity index (χ2v) is 17.1. The number of amides is 4. The molecule has 57 heavy (non-hydrogen) atoms. The third-order valence-electron chi connectivity index (χ3n) is 12.9. The Kier molecular flexibility index (Phi) is 8.96. The van der Waals surface area contributed by atoms with Crippen LogP contribution in [0.15, 0.2) is 48.8 Å². The summed E-state index contributed by atoms with van der Waals surface area (Å²) < 4.78 is 6.22. The van der Waals surface area contributed by atoms with Crippen molar-refractivity contribution in [1.29, 1.82) is 0 Å². The molecule has 10 rings (SSSR count). The van der Waals surface area contributed by atoms with Gasteiger partial charge in [0, 0.05) is 94.9 Å². The molecule has 15 heteroatoms. The molecule has 4 saturated heterocycles. The van der Waals surface area contributed by atoms with Crippen LogP contribution in [0.25, 0.3) is 22.3 Å². The van der Waals surface area contributed by atoms with Crippen molar-refractivity contribution < 1.29 is 23.9 Å². The lowest BCUT2D eigenvalue weighted by Gasteiger charge is -2.45. The maximum Gasteiger partial charge on any atom is 0.262 e. The van der Waals surface area contributed by atoms with Crippen LogP contribution >= 0.6 is 0 Å². The Bertz CT molecular complexity index is 2250. The van der Waals surface area contributed by atoms with Crippen molar-refractivity contribution in [3.05, 3.63) is 59.9 Å². The number of carbonyl (C=O) groups excluding carboxylic acids is 4. The number of H-pyrrole nitrogens is 1. The topological polar surface area (TPSA) is 160 Å². The molecule has 0 spiro atoms. The van der Waals surface area contributed by atoms with Crippen molar-refractivity contribution in [2.45, 2.75) is 57.1 Å². The van der Waals surface area contributed by atoms with Gasteiger partial charge in [-0.25, -0.2) is 9.97 Å². The molecule has 1 saturated carbocycles. The molecule has 5 aliphatic heterocycles. The summed E-state index contributed by atoms with van der Waals surface area (Å²) in [5.74, 6) is 1.13. The molecule has 2 N–H and O–H groups in total. The van der Waals surface area contributed by atoms with Crippen molar-refractivity contribution in [2.75, 3.05) is 75.2 Å². The second kappa shape index (κ2) is 14.2. The van der Waals surface area contributed by atoms with E-state index in [4.69, 9.17) is 4.74 Å². The van der Waals surface area contributed by atoms with Crippen LogP contribution in [-0.4, -0.2) is 136 Å². The van der Waals surface area contributed by atoms with Crippen LogP contribution < -0.4 is 19.9 Å². The summed E-state index contributed by atoms with van der Waals surface area (Å²) in [6.45, 7) is 12.4. The van der Waals surface area contributed by atoms with E-state index in [-0.39, 0.29) is 24.3 Å². The molecule has 296 valence electrons. The SMILES string of the molecule is CC1(Oc2ccc3[nH]nc(-c4cc(N5CCC(CN6CCN(CC7CN(c8ccc9c(c8)C(=O)N(C8CCC(=O)NC8=O)C9=O)C7)CC6)CC5)ncn4)c3c2)CC1. The van der Waals surface area contributed by atoms with Gasteiger partial charge < -0.3 is 24.3 Å². The van der Waals surface area contributed by atoms with E-state index >= 15 is 0 Å². The molecule has 0 radical (unpaired) electrons. The molecular formula is C42H48N10O5. The molecule has 2 aromatic carbocycles. The Balaban J connectivity index is 0.671. The number of aromatic nitrogens is 4. The van der Waals surface area contributed by atoms with E-state index in [1.807, 2.05) is 18.2 Å². The third kappa shape index (κ3) is 7.00. The third-order valence-corrected chi connectivity index (χ3v) is 12.9. The van der Waals surface area contributed by atoms with Crippen molar-refractivity contribution in [1.82, 2.24) is 40.2 Å². The van der Waals surface area contributed by atoms with Gasteiger partial charge in [0.15, 0.2) is 0 Å². The van der Waals surface area contributed by atoms with Gasteiger partial charge in [-0.3, -0.25) is 34.5 Å². The Morgan fingerprint density at radius 3 is 2.26 bits per heavy atom. The van der Waals surface area contributed by atoms with Crippen LogP contribution in [0.3, 0.4) is 0 Å². The monoisotopic (exact) mass is 772 g/mol. The van der Waals surface area contributed by atoms with Crippen molar-refractivity contribution in [2.24, 2.45) is 11.8 Å². The van der Waals surface area contributed by atoms with Crippen LogP contribution in [0.2, 0.25) is 0 Å². The molecule has 7 heterocycles. The molecule has 4 aromatic rings. The average Bonchev–Trinajstić information content (AvgIpc) is 3.68. The van der Waals surface area contributed by atoms with Crippen LogP contribution in [0, 0.1) is 11.8 Å². The molecule has 1 atom stereocenters. The first-order valence-corrected chi connectivity index (χ1v) is 20.5. The predicted molar refractivity (Wildman–Crippen MR) is 212 cm³/mol. The zero-order valence-corrected chi connectivity index (χ0v) is 32.3. The Hall–Kier alpha value is -5.41. The number of nitrogens with one attached hydrogen (secondary N) is 2. The zero-order valence-electron chi connectivity index (χ0n) is 32.3. The number of aromatic amines is 1. The Morgan fingerprint density at radius 1 is 0.789 bits per heavy atom. The normalized spacial score (nSPS) is 23.2. The number of carbonyl (C=O) groups is 4. The number of anilines is 2. The number of piperazine rings is 1. The molecule has 2 aromatic heterocycles. The average molecular weight is 773 g/mol. The van der Waals surface area contributed by atoms with Gasteiger partial charge in [-0.2, -0.15) is 5.10 Å². The minimum atomic E-state index is -0.953. The Labute approximate surface area is 330 Å². The second-order valence-electron chi connectivity index (χ2n) is 17.1. The van der Waals surface area contributed by atoms with Gasteiger partial charge in [0.25, 0.3) is 11.8 Å².